The molecular weight excluding hydrogens is 182 g/mol. The fourth-order valence-electron chi connectivity index (χ4n) is 0.902. The summed E-state index contributed by atoms with van der Waals surface area (Å²) < 4.78 is 9.39. The van der Waals surface area contributed by atoms with Gasteiger partial charge in [-0.1, -0.05) is 5.92 Å². The number of hydrogen-bond acceptors (Lipinski definition) is 4. The van der Waals surface area contributed by atoms with Gasteiger partial charge in [0, 0.05) is 11.6 Å². The molecule has 0 aromatic carbocycles. The van der Waals surface area contributed by atoms with Gasteiger partial charge < -0.3 is 9.47 Å². The summed E-state index contributed by atoms with van der Waals surface area (Å²) in [5, 5.41) is 0. The van der Waals surface area contributed by atoms with E-state index >= 15 is 0 Å². The van der Waals surface area contributed by atoms with Crippen LogP contribution in [-0.2, 0) is 4.74 Å². The molecule has 0 unspecified atom stereocenters. The highest BCUT2D eigenvalue weighted by Crippen LogP contribution is 2.12. The largest absolute Gasteiger partial charge is 0.481 e. The number of hydrogen-bond donors (Lipinski definition) is 0. The van der Waals surface area contributed by atoms with Crippen LogP contribution in [-0.4, -0.2) is 25.2 Å². The lowest BCUT2D eigenvalue weighted by Crippen LogP contribution is -2.05. The van der Waals surface area contributed by atoms with Gasteiger partial charge in [0.25, 0.3) is 0 Å². The molecule has 0 radical (unpaired) electrons. The number of terminal acetylenes is 1. The highest BCUT2D eigenvalue weighted by molar-refractivity contribution is 5.87. The van der Waals surface area contributed by atoms with Crippen molar-refractivity contribution < 1.29 is 14.3 Å². The molecule has 4 nitrogen and oxygen atoms in total. The zero-order chi connectivity index (χ0) is 10.6. The number of carbonyl (C=O) groups excluding carboxylic acids is 1. The van der Waals surface area contributed by atoms with Crippen molar-refractivity contribution in [1.82, 2.24) is 4.98 Å². The zero-order valence-electron chi connectivity index (χ0n) is 7.90. The van der Waals surface area contributed by atoms with Crippen LogP contribution in [0.5, 0.6) is 5.88 Å². The Balaban J connectivity index is 3.19. The second-order valence-electron chi connectivity index (χ2n) is 2.42. The second kappa shape index (κ2) is 4.28. The van der Waals surface area contributed by atoms with E-state index in [4.69, 9.17) is 11.2 Å². The highest BCUT2D eigenvalue weighted by atomic mass is 16.5. The molecule has 0 saturated carbocycles. The number of esters is 1. The molecule has 0 N–H and O–H groups in total. The van der Waals surface area contributed by atoms with E-state index < -0.39 is 5.97 Å². The summed E-state index contributed by atoms with van der Waals surface area (Å²) in [5.41, 5.74) is 0.664. The van der Waals surface area contributed by atoms with Crippen LogP contribution in [0, 0.1) is 12.3 Å². The Kier molecular flexibility index (Phi) is 3.08. The van der Waals surface area contributed by atoms with Crippen LogP contribution >= 0.6 is 0 Å². The van der Waals surface area contributed by atoms with Crippen molar-refractivity contribution in [3.8, 4) is 18.2 Å². The van der Waals surface area contributed by atoms with Crippen LogP contribution in [0.1, 0.15) is 16.1 Å². The van der Waals surface area contributed by atoms with E-state index in [0.29, 0.717) is 11.4 Å². The van der Waals surface area contributed by atoms with Gasteiger partial charge in [0.2, 0.25) is 5.88 Å². The molecule has 0 aliphatic carbocycles. The lowest BCUT2D eigenvalue weighted by Gasteiger charge is -2.02. The lowest BCUT2D eigenvalue weighted by molar-refractivity contribution is 0.0593. The van der Waals surface area contributed by atoms with E-state index in [1.165, 1.54) is 20.3 Å². The Labute approximate surface area is 81.9 Å². The topological polar surface area (TPSA) is 48.4 Å². The fourth-order valence-corrected chi connectivity index (χ4v) is 0.902. The van der Waals surface area contributed by atoms with Crippen LogP contribution in [0.4, 0.5) is 0 Å². The second-order valence-corrected chi connectivity index (χ2v) is 2.42. The van der Waals surface area contributed by atoms with Crippen molar-refractivity contribution in [2.24, 2.45) is 0 Å². The van der Waals surface area contributed by atoms with Gasteiger partial charge in [0.1, 0.15) is 0 Å². The maximum absolute atomic E-state index is 11.1. The standard InChI is InChI=1S/C10H9NO3/c1-4-7-5-8(10(12)14-3)11-9(6-7)13-2/h1,5-6H,2-3H3. The average molecular weight is 191 g/mol. The molecule has 0 saturated heterocycles. The molecule has 1 rings (SSSR count). The summed E-state index contributed by atoms with van der Waals surface area (Å²) >= 11 is 0. The van der Waals surface area contributed by atoms with Gasteiger partial charge in [-0.3, -0.25) is 0 Å². The Morgan fingerprint density at radius 3 is 2.71 bits per heavy atom. The summed E-state index contributed by atoms with van der Waals surface area (Å²) in [5.74, 6) is 2.14. The van der Waals surface area contributed by atoms with Gasteiger partial charge >= 0.3 is 5.97 Å². The van der Waals surface area contributed by atoms with Crippen molar-refractivity contribution in [1.29, 1.82) is 0 Å². The fraction of sp³-hybridized carbons (Fsp3) is 0.200. The molecule has 72 valence electrons. The van der Waals surface area contributed by atoms with Crippen LogP contribution in [0.25, 0.3) is 0 Å². The lowest BCUT2D eigenvalue weighted by atomic mass is 10.2. The minimum atomic E-state index is -0.541. The number of ether oxygens (including phenoxy) is 2. The summed E-state index contributed by atoms with van der Waals surface area (Å²) in [6, 6.07) is 3.03. The normalized spacial score (nSPS) is 8.93. The Bertz CT molecular complexity index is 393. The smallest absolute Gasteiger partial charge is 0.356 e. The first kappa shape index (κ1) is 10.1. The molecule has 0 spiro atoms. The Hall–Kier alpha value is -2.02. The van der Waals surface area contributed by atoms with Gasteiger partial charge in [-0.25, -0.2) is 9.78 Å². The highest BCUT2D eigenvalue weighted by Gasteiger charge is 2.09. The average Bonchev–Trinajstić information content (AvgIpc) is 2.27. The number of methoxy groups -OCH3 is 2. The molecule has 0 amide bonds. The third-order valence-corrected chi connectivity index (χ3v) is 1.57. The van der Waals surface area contributed by atoms with E-state index in [-0.39, 0.29) is 5.69 Å². The zero-order valence-corrected chi connectivity index (χ0v) is 7.90. The summed E-state index contributed by atoms with van der Waals surface area (Å²) in [7, 11) is 2.72. The maximum Gasteiger partial charge on any atom is 0.356 e. The number of nitrogens with zero attached hydrogens (tertiary/aromatic N) is 1. The van der Waals surface area contributed by atoms with E-state index in [2.05, 4.69) is 15.6 Å². The van der Waals surface area contributed by atoms with Crippen molar-refractivity contribution in [3.63, 3.8) is 0 Å². The SMILES string of the molecule is C#Cc1cc(OC)nc(C(=O)OC)c1. The third-order valence-electron chi connectivity index (χ3n) is 1.57. The van der Waals surface area contributed by atoms with E-state index in [0.717, 1.165) is 0 Å². The monoisotopic (exact) mass is 191 g/mol. The molecule has 1 aromatic heterocycles. The van der Waals surface area contributed by atoms with Crippen molar-refractivity contribution in [2.75, 3.05) is 14.2 Å². The van der Waals surface area contributed by atoms with Gasteiger partial charge in [-0.05, 0) is 6.07 Å². The molecule has 0 atom stereocenters. The molecular formula is C10H9NO3. The molecule has 0 aliphatic rings. The van der Waals surface area contributed by atoms with Crippen LogP contribution in [0.15, 0.2) is 12.1 Å². The number of rotatable bonds is 2. The minimum absolute atomic E-state index is 0.139. The van der Waals surface area contributed by atoms with Crippen molar-refractivity contribution >= 4 is 5.97 Å². The van der Waals surface area contributed by atoms with Gasteiger partial charge in [0.05, 0.1) is 14.2 Å². The summed E-state index contributed by atoms with van der Waals surface area (Å²) in [6.07, 6.45) is 5.20. The predicted octanol–water partition coefficient (Wildman–Crippen LogP) is 0.858. The third kappa shape index (κ3) is 2.02. The number of carbonyl (C=O) groups is 1. The molecule has 1 aromatic rings. The van der Waals surface area contributed by atoms with Gasteiger partial charge in [-0.15, -0.1) is 6.42 Å². The van der Waals surface area contributed by atoms with E-state index in [1.54, 1.807) is 6.07 Å². The minimum Gasteiger partial charge on any atom is -0.481 e. The van der Waals surface area contributed by atoms with Crippen LogP contribution in [0.2, 0.25) is 0 Å². The molecule has 4 heteroatoms. The Morgan fingerprint density at radius 2 is 2.21 bits per heavy atom. The number of pyridine rings is 1. The van der Waals surface area contributed by atoms with Crippen molar-refractivity contribution in [3.05, 3.63) is 23.4 Å². The van der Waals surface area contributed by atoms with E-state index in [1.807, 2.05) is 0 Å². The van der Waals surface area contributed by atoms with Crippen LogP contribution in [0.3, 0.4) is 0 Å². The molecule has 1 heterocycles. The molecule has 14 heavy (non-hydrogen) atoms. The first-order valence-electron chi connectivity index (χ1n) is 3.82. The quantitative estimate of drug-likeness (QED) is 0.513. The van der Waals surface area contributed by atoms with Crippen LogP contribution < -0.4 is 4.74 Å². The van der Waals surface area contributed by atoms with E-state index in [9.17, 15) is 4.79 Å². The molecule has 0 aliphatic heterocycles. The Morgan fingerprint density at radius 1 is 1.50 bits per heavy atom. The molecule has 0 bridgehead atoms. The first-order chi connectivity index (χ1) is 6.71. The molecule has 0 fully saturated rings. The summed E-state index contributed by atoms with van der Waals surface area (Å²) in [6.45, 7) is 0. The van der Waals surface area contributed by atoms with Crippen molar-refractivity contribution in [2.45, 2.75) is 0 Å². The summed E-state index contributed by atoms with van der Waals surface area (Å²) in [4.78, 5) is 15.0. The van der Waals surface area contributed by atoms with Gasteiger partial charge in [0.15, 0.2) is 5.69 Å². The maximum atomic E-state index is 11.1. The first-order valence-corrected chi connectivity index (χ1v) is 3.82. The number of aromatic nitrogens is 1. The predicted molar refractivity (Wildman–Crippen MR) is 50.1 cm³/mol. The van der Waals surface area contributed by atoms with Gasteiger partial charge in [-0.2, -0.15) is 0 Å².